The molecule has 0 amide bonds. The third-order valence-corrected chi connectivity index (χ3v) is 6.24. The maximum absolute atomic E-state index is 6.34. The van der Waals surface area contributed by atoms with Crippen LogP contribution in [0.3, 0.4) is 0 Å². The molecule has 0 spiro atoms. The second-order valence-electron chi connectivity index (χ2n) is 4.05. The average molecular weight is 421 g/mol. The molecule has 0 nitrogen and oxygen atoms in total. The van der Waals surface area contributed by atoms with E-state index in [-0.39, 0.29) is 11.8 Å². The summed E-state index contributed by atoms with van der Waals surface area (Å²) in [6.45, 7) is 0. The number of rotatable bonds is 4. The minimum atomic E-state index is 0.243. The van der Waals surface area contributed by atoms with Crippen LogP contribution < -0.4 is 0 Å². The van der Waals surface area contributed by atoms with Crippen LogP contribution in [-0.2, 0) is 11.8 Å². The van der Waals surface area contributed by atoms with E-state index in [2.05, 4.69) is 0 Å². The van der Waals surface area contributed by atoms with Crippen molar-refractivity contribution >= 4 is 81.4 Å². The van der Waals surface area contributed by atoms with Crippen LogP contribution in [0.1, 0.15) is 11.1 Å². The fourth-order valence-electron chi connectivity index (χ4n) is 1.67. The summed E-state index contributed by atoms with van der Waals surface area (Å²) in [6, 6.07) is 7.19. The zero-order valence-electron chi connectivity index (χ0n) is 10.4. The van der Waals surface area contributed by atoms with Gasteiger partial charge in [0.1, 0.15) is 0 Å². The Balaban J connectivity index is 2.44. The summed E-state index contributed by atoms with van der Waals surface area (Å²) < 4.78 is 0. The van der Waals surface area contributed by atoms with Crippen molar-refractivity contribution in [3.8, 4) is 0 Å². The minimum absolute atomic E-state index is 0.243. The first-order chi connectivity index (χ1) is 9.99. The summed E-state index contributed by atoms with van der Waals surface area (Å²) in [4.78, 5) is 1.64. The molecule has 2 rings (SSSR count). The minimum Gasteiger partial charge on any atom is -0.121 e. The lowest BCUT2D eigenvalue weighted by molar-refractivity contribution is 1.29. The van der Waals surface area contributed by atoms with E-state index in [1.54, 1.807) is 12.1 Å². The predicted molar refractivity (Wildman–Crippen MR) is 96.2 cm³/mol. The van der Waals surface area contributed by atoms with Crippen molar-refractivity contribution in [2.75, 3.05) is 0 Å². The van der Waals surface area contributed by atoms with Crippen molar-refractivity contribution in [3.63, 3.8) is 0 Å². The lowest BCUT2D eigenvalue weighted by atomic mass is 10.2. The van der Waals surface area contributed by atoms with E-state index in [9.17, 15) is 0 Å². The van der Waals surface area contributed by atoms with Gasteiger partial charge in [-0.05, 0) is 24.3 Å². The monoisotopic (exact) mass is 418 g/mol. The SMILES string of the molecule is ClCc1c(Cl)ccc(Sc2ccc(Cl)c(CCl)c2Cl)c1Cl. The second kappa shape index (κ2) is 7.88. The number of halogens is 6. The number of hydrogen-bond acceptors (Lipinski definition) is 1. The predicted octanol–water partition coefficient (Wildman–Crippen LogP) is 7.93. The van der Waals surface area contributed by atoms with E-state index in [0.717, 1.165) is 9.79 Å². The van der Waals surface area contributed by atoms with E-state index in [1.807, 2.05) is 12.1 Å². The first-order valence-corrected chi connectivity index (χ1v) is 9.12. The second-order valence-corrected chi connectivity index (χ2v) is 7.23. The lowest BCUT2D eigenvalue weighted by Crippen LogP contribution is -1.88. The maximum atomic E-state index is 6.34. The third-order valence-electron chi connectivity index (χ3n) is 2.79. The van der Waals surface area contributed by atoms with Gasteiger partial charge in [-0.3, -0.25) is 0 Å². The van der Waals surface area contributed by atoms with Gasteiger partial charge in [-0.25, -0.2) is 0 Å². The van der Waals surface area contributed by atoms with Gasteiger partial charge in [0.2, 0.25) is 0 Å². The van der Waals surface area contributed by atoms with E-state index in [4.69, 9.17) is 69.6 Å². The fourth-order valence-corrected chi connectivity index (χ4v) is 4.68. The standard InChI is InChI=1S/C14H8Cl6S/c15-5-7-9(17)1-3-11(13(7)19)21-12-4-2-10(18)8(6-16)14(12)20/h1-4H,5-6H2. The molecule has 112 valence electrons. The van der Waals surface area contributed by atoms with Crippen molar-refractivity contribution in [2.45, 2.75) is 21.6 Å². The summed E-state index contributed by atoms with van der Waals surface area (Å²) in [5.41, 5.74) is 1.40. The van der Waals surface area contributed by atoms with Gasteiger partial charge in [-0.1, -0.05) is 58.2 Å². The Hall–Kier alpha value is 0.530. The van der Waals surface area contributed by atoms with E-state index in [0.29, 0.717) is 31.2 Å². The summed E-state index contributed by atoms with van der Waals surface area (Å²) in [6.07, 6.45) is 0. The van der Waals surface area contributed by atoms with Gasteiger partial charge in [0.25, 0.3) is 0 Å². The summed E-state index contributed by atoms with van der Waals surface area (Å²) in [7, 11) is 0. The number of alkyl halides is 2. The van der Waals surface area contributed by atoms with Gasteiger partial charge in [-0.2, -0.15) is 0 Å². The molecule has 0 atom stereocenters. The van der Waals surface area contributed by atoms with Crippen LogP contribution in [0.2, 0.25) is 20.1 Å². The van der Waals surface area contributed by atoms with Crippen LogP contribution in [0, 0.1) is 0 Å². The fraction of sp³-hybridized carbons (Fsp3) is 0.143. The van der Waals surface area contributed by atoms with Crippen LogP contribution >= 0.6 is 81.4 Å². The highest BCUT2D eigenvalue weighted by Crippen LogP contribution is 2.43. The first-order valence-electron chi connectivity index (χ1n) is 5.73. The molecule has 2 aromatic carbocycles. The van der Waals surface area contributed by atoms with Crippen LogP contribution in [0.5, 0.6) is 0 Å². The van der Waals surface area contributed by atoms with E-state index < -0.39 is 0 Å². The molecule has 0 saturated heterocycles. The Kier molecular flexibility index (Phi) is 6.71. The topological polar surface area (TPSA) is 0 Å². The normalized spacial score (nSPS) is 11.0. The summed E-state index contributed by atoms with van der Waals surface area (Å²) in [5.74, 6) is 0.487. The van der Waals surface area contributed by atoms with Crippen LogP contribution in [0.4, 0.5) is 0 Å². The van der Waals surface area contributed by atoms with Gasteiger partial charge in [0, 0.05) is 31.0 Å². The van der Waals surface area contributed by atoms with Crippen molar-refractivity contribution in [1.29, 1.82) is 0 Å². The number of benzene rings is 2. The molecule has 0 fully saturated rings. The molecule has 0 radical (unpaired) electrons. The van der Waals surface area contributed by atoms with Gasteiger partial charge < -0.3 is 0 Å². The molecule has 0 bridgehead atoms. The molecule has 2 aromatic rings. The molecule has 0 aliphatic carbocycles. The molecular weight excluding hydrogens is 413 g/mol. The highest BCUT2D eigenvalue weighted by atomic mass is 35.5. The van der Waals surface area contributed by atoms with Crippen molar-refractivity contribution in [2.24, 2.45) is 0 Å². The Morgan fingerprint density at radius 2 is 1.05 bits per heavy atom. The van der Waals surface area contributed by atoms with Crippen LogP contribution in [0.25, 0.3) is 0 Å². The first kappa shape index (κ1) is 17.9. The maximum Gasteiger partial charge on any atom is 0.0604 e. The molecule has 0 aliphatic rings. The smallest absolute Gasteiger partial charge is 0.0604 e. The summed E-state index contributed by atoms with van der Waals surface area (Å²) in [5, 5.41) is 2.15. The molecule has 0 N–H and O–H groups in total. The molecule has 0 aliphatic heterocycles. The van der Waals surface area contributed by atoms with Crippen molar-refractivity contribution < 1.29 is 0 Å². The van der Waals surface area contributed by atoms with Gasteiger partial charge in [0.05, 0.1) is 21.8 Å². The van der Waals surface area contributed by atoms with Crippen molar-refractivity contribution in [1.82, 2.24) is 0 Å². The lowest BCUT2D eigenvalue weighted by Gasteiger charge is -2.12. The summed E-state index contributed by atoms with van der Waals surface area (Å²) >= 11 is 38.0. The molecule has 0 unspecified atom stereocenters. The molecule has 0 heterocycles. The molecular formula is C14H8Cl6S. The average Bonchev–Trinajstić information content (AvgIpc) is 2.45. The highest BCUT2D eigenvalue weighted by Gasteiger charge is 2.15. The quantitative estimate of drug-likeness (QED) is 0.452. The molecule has 0 saturated carbocycles. The molecule has 7 heteroatoms. The third kappa shape index (κ3) is 3.90. The number of hydrogen-bond donors (Lipinski definition) is 0. The van der Waals surface area contributed by atoms with Gasteiger partial charge in [0.15, 0.2) is 0 Å². The zero-order chi connectivity index (χ0) is 15.6. The van der Waals surface area contributed by atoms with Crippen LogP contribution in [-0.4, -0.2) is 0 Å². The van der Waals surface area contributed by atoms with Crippen LogP contribution in [0.15, 0.2) is 34.1 Å². The molecule has 21 heavy (non-hydrogen) atoms. The Labute approximate surface area is 157 Å². The van der Waals surface area contributed by atoms with Crippen molar-refractivity contribution in [3.05, 3.63) is 55.5 Å². The van der Waals surface area contributed by atoms with Gasteiger partial charge in [-0.15, -0.1) is 23.2 Å². The van der Waals surface area contributed by atoms with E-state index >= 15 is 0 Å². The highest BCUT2D eigenvalue weighted by molar-refractivity contribution is 7.99. The van der Waals surface area contributed by atoms with E-state index in [1.165, 1.54) is 11.8 Å². The Morgan fingerprint density at radius 1 is 0.667 bits per heavy atom. The Morgan fingerprint density at radius 3 is 1.38 bits per heavy atom. The molecule has 0 aromatic heterocycles. The van der Waals surface area contributed by atoms with Gasteiger partial charge >= 0.3 is 0 Å². The zero-order valence-corrected chi connectivity index (χ0v) is 15.8. The Bertz CT molecular complexity index is 613. The largest absolute Gasteiger partial charge is 0.121 e.